The Morgan fingerprint density at radius 3 is 2.69 bits per heavy atom. The second-order valence-corrected chi connectivity index (χ2v) is 8.32. The number of nitrogens with zero attached hydrogens (tertiary/aromatic N) is 3. The molecule has 0 aliphatic carbocycles. The maximum absolute atomic E-state index is 13.0. The van der Waals surface area contributed by atoms with E-state index < -0.39 is 0 Å². The molecule has 140 valence electrons. The molecule has 26 heavy (non-hydrogen) atoms. The number of halogens is 1. The lowest BCUT2D eigenvalue weighted by molar-refractivity contribution is 0.154. The molecule has 1 atom stereocenters. The molecule has 2 saturated heterocycles. The van der Waals surface area contributed by atoms with Crippen LogP contribution in [0.3, 0.4) is 0 Å². The van der Waals surface area contributed by atoms with Gasteiger partial charge >= 0.3 is 0 Å². The van der Waals surface area contributed by atoms with Gasteiger partial charge in [0.15, 0.2) is 0 Å². The summed E-state index contributed by atoms with van der Waals surface area (Å²) in [5.41, 5.74) is 1.05. The highest BCUT2D eigenvalue weighted by Crippen LogP contribution is 2.23. The van der Waals surface area contributed by atoms with Crippen LogP contribution in [-0.4, -0.2) is 54.0 Å². The molecular weight excluding hydrogens is 351 g/mol. The molecule has 2 aromatic rings. The van der Waals surface area contributed by atoms with Crippen molar-refractivity contribution in [1.82, 2.24) is 15.1 Å². The predicted molar refractivity (Wildman–Crippen MR) is 101 cm³/mol. The van der Waals surface area contributed by atoms with Gasteiger partial charge in [0.1, 0.15) is 10.8 Å². The Bertz CT molecular complexity index is 694. The molecule has 0 saturated carbocycles. The summed E-state index contributed by atoms with van der Waals surface area (Å²) in [6.07, 6.45) is 4.18. The van der Waals surface area contributed by atoms with Crippen LogP contribution < -0.4 is 5.32 Å². The number of anilines is 1. The molecule has 0 amide bonds. The number of benzene rings is 1. The minimum Gasteiger partial charge on any atom is -0.381 e. The molecule has 2 aliphatic rings. The molecule has 0 radical (unpaired) electrons. The minimum atomic E-state index is -0.208. The Balaban J connectivity index is 1.23. The molecule has 2 aliphatic heterocycles. The van der Waals surface area contributed by atoms with E-state index in [0.29, 0.717) is 12.5 Å². The first kappa shape index (κ1) is 17.8. The van der Waals surface area contributed by atoms with Crippen molar-refractivity contribution in [3.05, 3.63) is 40.7 Å². The molecular formula is C19H25FN4OS. The number of ether oxygens (including phenoxy) is 1. The van der Waals surface area contributed by atoms with E-state index in [9.17, 15) is 4.39 Å². The number of hydrogen-bond donors (Lipinski definition) is 1. The van der Waals surface area contributed by atoms with Crippen molar-refractivity contribution in [1.29, 1.82) is 0 Å². The second-order valence-electron chi connectivity index (χ2n) is 7.25. The summed E-state index contributed by atoms with van der Waals surface area (Å²) < 4.78 is 18.5. The highest BCUT2D eigenvalue weighted by atomic mass is 32.1. The number of hydrogen-bond acceptors (Lipinski definition) is 6. The van der Waals surface area contributed by atoms with Gasteiger partial charge in [-0.2, -0.15) is 0 Å². The van der Waals surface area contributed by atoms with Crippen LogP contribution in [0.15, 0.2) is 24.3 Å². The Labute approximate surface area is 157 Å². The van der Waals surface area contributed by atoms with E-state index in [4.69, 9.17) is 4.74 Å². The van der Waals surface area contributed by atoms with Crippen LogP contribution in [0.1, 0.15) is 29.8 Å². The van der Waals surface area contributed by atoms with E-state index >= 15 is 0 Å². The van der Waals surface area contributed by atoms with Crippen molar-refractivity contribution < 1.29 is 9.13 Å². The molecule has 1 unspecified atom stereocenters. The highest BCUT2D eigenvalue weighted by Gasteiger charge is 2.24. The summed E-state index contributed by atoms with van der Waals surface area (Å²) in [6.45, 7) is 5.30. The summed E-state index contributed by atoms with van der Waals surface area (Å²) in [7, 11) is 0. The first-order valence-corrected chi connectivity index (χ1v) is 10.2. The van der Waals surface area contributed by atoms with Crippen molar-refractivity contribution in [2.75, 3.05) is 38.2 Å². The fourth-order valence-corrected chi connectivity index (χ4v) is 4.54. The number of aromatic nitrogens is 2. The van der Waals surface area contributed by atoms with E-state index in [1.165, 1.54) is 25.1 Å². The first-order valence-electron chi connectivity index (χ1n) is 9.38. The van der Waals surface area contributed by atoms with E-state index in [1.54, 1.807) is 23.5 Å². The summed E-state index contributed by atoms with van der Waals surface area (Å²) in [6, 6.07) is 7.05. The van der Waals surface area contributed by atoms with Crippen LogP contribution in [-0.2, 0) is 11.2 Å². The zero-order chi connectivity index (χ0) is 17.8. The fraction of sp³-hybridized carbons (Fsp3) is 0.579. The molecule has 0 bridgehead atoms. The average Bonchev–Trinajstić information content (AvgIpc) is 3.31. The third kappa shape index (κ3) is 4.78. The van der Waals surface area contributed by atoms with Crippen LogP contribution in [0.4, 0.5) is 9.52 Å². The summed E-state index contributed by atoms with van der Waals surface area (Å²) >= 11 is 1.60. The van der Waals surface area contributed by atoms with Gasteiger partial charge < -0.3 is 15.0 Å². The SMILES string of the molecule is Fc1ccc(Cc2nnc(NC3CCN(CC4CCOC4)CC3)s2)cc1. The third-order valence-electron chi connectivity index (χ3n) is 5.19. The van der Waals surface area contributed by atoms with Gasteiger partial charge in [0.25, 0.3) is 0 Å². The Hall–Kier alpha value is -1.57. The summed E-state index contributed by atoms with van der Waals surface area (Å²) in [5.74, 6) is 0.511. The smallest absolute Gasteiger partial charge is 0.205 e. The van der Waals surface area contributed by atoms with Crippen LogP contribution in [0.25, 0.3) is 0 Å². The maximum atomic E-state index is 13.0. The van der Waals surface area contributed by atoms with Gasteiger partial charge in [0, 0.05) is 38.7 Å². The number of piperidine rings is 1. The second kappa shape index (κ2) is 8.41. The topological polar surface area (TPSA) is 50.3 Å². The number of rotatable bonds is 6. The normalized spacial score (nSPS) is 22.0. The van der Waals surface area contributed by atoms with Gasteiger partial charge in [-0.25, -0.2) is 4.39 Å². The highest BCUT2D eigenvalue weighted by molar-refractivity contribution is 7.15. The van der Waals surface area contributed by atoms with Gasteiger partial charge in [-0.05, 0) is 42.9 Å². The van der Waals surface area contributed by atoms with Gasteiger partial charge in [0.05, 0.1) is 6.61 Å². The third-order valence-corrected chi connectivity index (χ3v) is 6.05. The number of likely N-dealkylation sites (tertiary alicyclic amines) is 1. The van der Waals surface area contributed by atoms with Gasteiger partial charge in [-0.15, -0.1) is 10.2 Å². The Morgan fingerprint density at radius 1 is 1.15 bits per heavy atom. The summed E-state index contributed by atoms with van der Waals surface area (Å²) in [5, 5.41) is 13.9. The minimum absolute atomic E-state index is 0.208. The van der Waals surface area contributed by atoms with Gasteiger partial charge in [0.2, 0.25) is 5.13 Å². The maximum Gasteiger partial charge on any atom is 0.205 e. The van der Waals surface area contributed by atoms with E-state index in [0.717, 1.165) is 60.8 Å². The van der Waals surface area contributed by atoms with Crippen LogP contribution in [0.2, 0.25) is 0 Å². The molecule has 3 heterocycles. The monoisotopic (exact) mass is 376 g/mol. The van der Waals surface area contributed by atoms with E-state index in [2.05, 4.69) is 20.4 Å². The average molecular weight is 377 g/mol. The lowest BCUT2D eigenvalue weighted by Crippen LogP contribution is -2.41. The molecule has 1 aromatic carbocycles. The lowest BCUT2D eigenvalue weighted by atomic mass is 10.0. The zero-order valence-corrected chi connectivity index (χ0v) is 15.7. The first-order chi connectivity index (χ1) is 12.7. The Morgan fingerprint density at radius 2 is 1.96 bits per heavy atom. The molecule has 1 aromatic heterocycles. The van der Waals surface area contributed by atoms with Crippen molar-refractivity contribution in [3.8, 4) is 0 Å². The largest absolute Gasteiger partial charge is 0.381 e. The molecule has 1 N–H and O–H groups in total. The Kier molecular flexibility index (Phi) is 5.77. The quantitative estimate of drug-likeness (QED) is 0.839. The van der Waals surface area contributed by atoms with Gasteiger partial charge in [-0.1, -0.05) is 23.5 Å². The molecule has 7 heteroatoms. The standard InChI is InChI=1S/C19H25FN4OS/c20-16-3-1-14(2-4-16)11-18-22-23-19(26-18)21-17-5-8-24(9-6-17)12-15-7-10-25-13-15/h1-4,15,17H,5-13H2,(H,21,23). The molecule has 5 nitrogen and oxygen atoms in total. The molecule has 0 spiro atoms. The predicted octanol–water partition coefficient (Wildman–Crippen LogP) is 3.18. The van der Waals surface area contributed by atoms with Crippen molar-refractivity contribution in [2.45, 2.75) is 31.7 Å². The summed E-state index contributed by atoms with van der Waals surface area (Å²) in [4.78, 5) is 2.57. The number of nitrogens with one attached hydrogen (secondary N) is 1. The van der Waals surface area contributed by atoms with Gasteiger partial charge in [-0.3, -0.25) is 0 Å². The van der Waals surface area contributed by atoms with E-state index in [1.807, 2.05) is 0 Å². The lowest BCUT2D eigenvalue weighted by Gasteiger charge is -2.33. The zero-order valence-electron chi connectivity index (χ0n) is 14.9. The van der Waals surface area contributed by atoms with Crippen molar-refractivity contribution >= 4 is 16.5 Å². The van der Waals surface area contributed by atoms with Crippen LogP contribution in [0, 0.1) is 11.7 Å². The van der Waals surface area contributed by atoms with Crippen molar-refractivity contribution in [2.24, 2.45) is 5.92 Å². The van der Waals surface area contributed by atoms with Crippen molar-refractivity contribution in [3.63, 3.8) is 0 Å². The van der Waals surface area contributed by atoms with Crippen LogP contribution >= 0.6 is 11.3 Å². The van der Waals surface area contributed by atoms with E-state index in [-0.39, 0.29) is 5.82 Å². The molecule has 2 fully saturated rings. The van der Waals surface area contributed by atoms with Crippen LogP contribution in [0.5, 0.6) is 0 Å². The molecule has 4 rings (SSSR count). The fourth-order valence-electron chi connectivity index (χ4n) is 3.69.